The van der Waals surface area contributed by atoms with E-state index in [1.54, 1.807) is 30.3 Å². The molecule has 0 spiro atoms. The zero-order chi connectivity index (χ0) is 22.4. The van der Waals surface area contributed by atoms with E-state index in [9.17, 15) is 34.9 Å². The second-order valence-corrected chi connectivity index (χ2v) is 6.39. The number of non-ortho nitro benzene ring substituents is 1. The number of benzene rings is 2. The number of carbonyl (C=O) groups is 2. The van der Waals surface area contributed by atoms with Crippen LogP contribution in [0.4, 0.5) is 22.7 Å². The third kappa shape index (κ3) is 5.41. The molecule has 1 amide bonds. The topological polar surface area (TPSA) is 191 Å². The average Bonchev–Trinajstić information content (AvgIpc) is 2.68. The standard InChI is InChI=1S/C18H19N5O7/c1-10(17(19)24)20-16-13(8-12(22(27)28)9-15(16)23(29)30)21-14(18(25)26)7-11-5-3-2-4-6-11/h2-6,8-10,14,20-21H,7H2,1H3,(H2,19,24)(H,25,26)/t10-,14+/m0/s1. The third-order valence-electron chi connectivity index (χ3n) is 4.21. The van der Waals surface area contributed by atoms with Gasteiger partial charge in [-0.3, -0.25) is 25.0 Å². The van der Waals surface area contributed by atoms with Crippen LogP contribution in [0.25, 0.3) is 0 Å². The van der Waals surface area contributed by atoms with Crippen molar-refractivity contribution in [1.82, 2.24) is 0 Å². The Hall–Kier alpha value is -4.22. The molecule has 2 aromatic carbocycles. The number of nitrogens with two attached hydrogens (primary N) is 1. The van der Waals surface area contributed by atoms with E-state index in [2.05, 4.69) is 10.6 Å². The van der Waals surface area contributed by atoms with Gasteiger partial charge in [-0.2, -0.15) is 0 Å². The zero-order valence-electron chi connectivity index (χ0n) is 15.8. The number of primary amides is 1. The molecule has 2 aromatic rings. The third-order valence-corrected chi connectivity index (χ3v) is 4.21. The van der Waals surface area contributed by atoms with Gasteiger partial charge in [0, 0.05) is 12.5 Å². The molecular formula is C18H19N5O7. The minimum atomic E-state index is -1.28. The van der Waals surface area contributed by atoms with Crippen molar-refractivity contribution in [2.24, 2.45) is 5.73 Å². The minimum Gasteiger partial charge on any atom is -0.480 e. The molecule has 158 valence electrons. The maximum atomic E-state index is 11.8. The van der Waals surface area contributed by atoms with E-state index < -0.39 is 45.2 Å². The molecule has 0 fully saturated rings. The van der Waals surface area contributed by atoms with Gasteiger partial charge in [0.05, 0.1) is 21.6 Å². The lowest BCUT2D eigenvalue weighted by Crippen LogP contribution is -2.34. The van der Waals surface area contributed by atoms with Crippen LogP contribution in [0.1, 0.15) is 12.5 Å². The van der Waals surface area contributed by atoms with Crippen LogP contribution in [0.3, 0.4) is 0 Å². The van der Waals surface area contributed by atoms with Gasteiger partial charge in [0.2, 0.25) is 5.91 Å². The van der Waals surface area contributed by atoms with Crippen molar-refractivity contribution in [2.45, 2.75) is 25.4 Å². The van der Waals surface area contributed by atoms with Gasteiger partial charge in [0.15, 0.2) is 0 Å². The van der Waals surface area contributed by atoms with Crippen molar-refractivity contribution in [3.05, 3.63) is 68.3 Å². The van der Waals surface area contributed by atoms with Crippen LogP contribution in [0.5, 0.6) is 0 Å². The molecule has 12 heteroatoms. The minimum absolute atomic E-state index is 0.00250. The summed E-state index contributed by atoms with van der Waals surface area (Å²) in [6.45, 7) is 1.34. The molecular weight excluding hydrogens is 398 g/mol. The number of nitro groups is 2. The van der Waals surface area contributed by atoms with Crippen molar-refractivity contribution < 1.29 is 24.5 Å². The molecule has 12 nitrogen and oxygen atoms in total. The summed E-state index contributed by atoms with van der Waals surface area (Å²) in [4.78, 5) is 44.2. The molecule has 0 saturated heterocycles. The Kier molecular flexibility index (Phi) is 6.86. The van der Waals surface area contributed by atoms with Gasteiger partial charge in [-0.05, 0) is 12.5 Å². The summed E-state index contributed by atoms with van der Waals surface area (Å²) >= 11 is 0. The lowest BCUT2D eigenvalue weighted by Gasteiger charge is -2.20. The summed E-state index contributed by atoms with van der Waals surface area (Å²) in [7, 11) is 0. The molecule has 5 N–H and O–H groups in total. The van der Waals surface area contributed by atoms with E-state index in [1.807, 2.05) is 0 Å². The molecule has 0 unspecified atom stereocenters. The van der Waals surface area contributed by atoms with E-state index in [-0.39, 0.29) is 17.8 Å². The maximum absolute atomic E-state index is 11.8. The van der Waals surface area contributed by atoms with Gasteiger partial charge in [0.1, 0.15) is 17.8 Å². The first-order valence-corrected chi connectivity index (χ1v) is 8.66. The van der Waals surface area contributed by atoms with E-state index in [4.69, 9.17) is 5.73 Å². The number of nitrogens with one attached hydrogen (secondary N) is 2. The number of nitrogens with zero attached hydrogens (tertiary/aromatic N) is 2. The molecule has 0 aliphatic heterocycles. The van der Waals surface area contributed by atoms with Crippen LogP contribution in [-0.2, 0) is 16.0 Å². The van der Waals surface area contributed by atoms with Gasteiger partial charge in [0.25, 0.3) is 5.69 Å². The van der Waals surface area contributed by atoms with Crippen molar-refractivity contribution in [3.8, 4) is 0 Å². The van der Waals surface area contributed by atoms with Gasteiger partial charge in [-0.15, -0.1) is 0 Å². The lowest BCUT2D eigenvalue weighted by molar-refractivity contribution is -0.393. The predicted molar refractivity (Wildman–Crippen MR) is 107 cm³/mol. The number of amides is 1. The summed E-state index contributed by atoms with van der Waals surface area (Å²) in [5.41, 5.74) is 4.04. The number of rotatable bonds is 10. The molecule has 2 rings (SSSR count). The fourth-order valence-electron chi connectivity index (χ4n) is 2.65. The monoisotopic (exact) mass is 417 g/mol. The first-order chi connectivity index (χ1) is 14.1. The highest BCUT2D eigenvalue weighted by Gasteiger charge is 2.29. The Morgan fingerprint density at radius 2 is 1.73 bits per heavy atom. The van der Waals surface area contributed by atoms with Gasteiger partial charge in [-0.25, -0.2) is 4.79 Å². The highest BCUT2D eigenvalue weighted by Crippen LogP contribution is 2.38. The van der Waals surface area contributed by atoms with E-state index in [0.29, 0.717) is 11.6 Å². The smallest absolute Gasteiger partial charge is 0.326 e. The molecule has 0 aliphatic carbocycles. The summed E-state index contributed by atoms with van der Waals surface area (Å²) in [5.74, 6) is -2.10. The van der Waals surface area contributed by atoms with E-state index >= 15 is 0 Å². The summed E-state index contributed by atoms with van der Waals surface area (Å²) in [6, 6.07) is 7.93. The fraction of sp³-hybridized carbons (Fsp3) is 0.222. The normalized spacial score (nSPS) is 12.4. The number of nitro benzene ring substituents is 2. The summed E-state index contributed by atoms with van der Waals surface area (Å²) < 4.78 is 0. The van der Waals surface area contributed by atoms with Crippen molar-refractivity contribution in [2.75, 3.05) is 10.6 Å². The van der Waals surface area contributed by atoms with Gasteiger partial charge >= 0.3 is 11.7 Å². The van der Waals surface area contributed by atoms with E-state index in [1.165, 1.54) is 6.92 Å². The van der Waals surface area contributed by atoms with Gasteiger partial charge in [-0.1, -0.05) is 30.3 Å². The second-order valence-electron chi connectivity index (χ2n) is 6.39. The lowest BCUT2D eigenvalue weighted by atomic mass is 10.0. The Labute approximate surface area is 170 Å². The molecule has 0 radical (unpaired) electrons. The van der Waals surface area contributed by atoms with Crippen LogP contribution in [-0.4, -0.2) is 38.9 Å². The van der Waals surface area contributed by atoms with Crippen molar-refractivity contribution in [1.29, 1.82) is 0 Å². The van der Waals surface area contributed by atoms with Gasteiger partial charge < -0.3 is 21.5 Å². The number of aliphatic carboxylic acids is 1. The number of carboxylic acid groups (broad SMARTS) is 1. The molecule has 0 aromatic heterocycles. The molecule has 2 atom stereocenters. The fourth-order valence-corrected chi connectivity index (χ4v) is 2.65. The molecule has 0 saturated carbocycles. The number of carboxylic acids is 1. The Morgan fingerprint density at radius 1 is 1.10 bits per heavy atom. The molecule has 0 bridgehead atoms. The first kappa shape index (κ1) is 22.1. The van der Waals surface area contributed by atoms with Crippen molar-refractivity contribution >= 4 is 34.6 Å². The van der Waals surface area contributed by atoms with Crippen LogP contribution in [0, 0.1) is 20.2 Å². The summed E-state index contributed by atoms with van der Waals surface area (Å²) in [6.07, 6.45) is -0.00250. The molecule has 0 heterocycles. The number of hydrogen-bond acceptors (Lipinski definition) is 8. The quantitative estimate of drug-likeness (QED) is 0.330. The predicted octanol–water partition coefficient (Wildman–Crippen LogP) is 1.90. The van der Waals surface area contributed by atoms with E-state index in [0.717, 1.165) is 6.07 Å². The molecule has 30 heavy (non-hydrogen) atoms. The Balaban J connectivity index is 2.55. The second kappa shape index (κ2) is 9.32. The Morgan fingerprint density at radius 3 is 2.23 bits per heavy atom. The number of anilines is 2. The maximum Gasteiger partial charge on any atom is 0.326 e. The number of carbonyl (C=O) groups excluding carboxylic acids is 1. The largest absolute Gasteiger partial charge is 0.480 e. The average molecular weight is 417 g/mol. The van der Waals surface area contributed by atoms with Crippen LogP contribution in [0.2, 0.25) is 0 Å². The van der Waals surface area contributed by atoms with Crippen LogP contribution >= 0.6 is 0 Å². The summed E-state index contributed by atoms with van der Waals surface area (Å²) in [5, 5.41) is 37.5. The first-order valence-electron chi connectivity index (χ1n) is 8.66. The Bertz CT molecular complexity index is 980. The van der Waals surface area contributed by atoms with Crippen LogP contribution in [0.15, 0.2) is 42.5 Å². The highest BCUT2D eigenvalue weighted by atomic mass is 16.6. The SMILES string of the molecule is C[C@H](Nc1c(N[C@H](Cc2ccccc2)C(=O)O)cc([N+](=O)[O-])cc1[N+](=O)[O-])C(N)=O. The number of hydrogen-bond donors (Lipinski definition) is 4. The van der Waals surface area contributed by atoms with Crippen LogP contribution < -0.4 is 16.4 Å². The van der Waals surface area contributed by atoms with Crippen molar-refractivity contribution in [3.63, 3.8) is 0 Å². The molecule has 0 aliphatic rings. The highest BCUT2D eigenvalue weighted by molar-refractivity contribution is 5.90. The zero-order valence-corrected chi connectivity index (χ0v) is 15.8.